The molecule has 1 atom stereocenters. The van der Waals surface area contributed by atoms with Crippen molar-refractivity contribution in [2.45, 2.75) is 30.3 Å². The Labute approximate surface area is 191 Å². The van der Waals surface area contributed by atoms with Crippen LogP contribution in [0.3, 0.4) is 0 Å². The van der Waals surface area contributed by atoms with Gasteiger partial charge in [-0.15, -0.1) is 10.2 Å². The molecule has 0 amide bonds. The molecule has 0 spiro atoms. The Morgan fingerprint density at radius 3 is 2.55 bits per heavy atom. The first-order valence-electron chi connectivity index (χ1n) is 10.0. The summed E-state index contributed by atoms with van der Waals surface area (Å²) in [5.74, 6) is 2.41. The highest BCUT2D eigenvalue weighted by atomic mass is 35.5. The van der Waals surface area contributed by atoms with E-state index in [4.69, 9.17) is 16.3 Å². The largest absolute Gasteiger partial charge is 0.497 e. The molecule has 0 aliphatic carbocycles. The van der Waals surface area contributed by atoms with E-state index in [2.05, 4.69) is 45.7 Å². The van der Waals surface area contributed by atoms with Crippen molar-refractivity contribution >= 4 is 29.0 Å². The molecule has 4 rings (SSSR count). The highest BCUT2D eigenvalue weighted by molar-refractivity contribution is 7.98. The van der Waals surface area contributed by atoms with Crippen molar-refractivity contribution in [2.24, 2.45) is 0 Å². The van der Waals surface area contributed by atoms with Gasteiger partial charge >= 0.3 is 0 Å². The molecule has 0 N–H and O–H groups in total. The first kappa shape index (κ1) is 21.7. The lowest BCUT2D eigenvalue weighted by Crippen LogP contribution is -2.22. The van der Waals surface area contributed by atoms with E-state index in [1.165, 1.54) is 0 Å². The van der Waals surface area contributed by atoms with Gasteiger partial charge in [-0.3, -0.25) is 9.47 Å². The van der Waals surface area contributed by atoms with Crippen molar-refractivity contribution in [3.8, 4) is 11.4 Å². The number of halogens is 1. The first-order chi connectivity index (χ1) is 15.0. The second-order valence-electron chi connectivity index (χ2n) is 7.40. The van der Waals surface area contributed by atoms with E-state index in [1.807, 2.05) is 53.2 Å². The second-order valence-corrected chi connectivity index (χ2v) is 8.77. The molecule has 0 aliphatic rings. The Morgan fingerprint density at radius 1 is 1.10 bits per heavy atom. The van der Waals surface area contributed by atoms with Gasteiger partial charge in [-0.05, 0) is 56.9 Å². The molecule has 0 aliphatic heterocycles. The number of benzene rings is 1. The van der Waals surface area contributed by atoms with Crippen LogP contribution < -0.4 is 4.74 Å². The summed E-state index contributed by atoms with van der Waals surface area (Å²) in [5.41, 5.74) is 2.83. The number of ether oxygens (including phenoxy) is 1. The molecule has 0 saturated carbocycles. The van der Waals surface area contributed by atoms with E-state index < -0.39 is 0 Å². The fourth-order valence-corrected chi connectivity index (χ4v) is 4.58. The number of hydrogen-bond acceptors (Lipinski definition) is 6. The van der Waals surface area contributed by atoms with Crippen LogP contribution in [0.1, 0.15) is 30.9 Å². The summed E-state index contributed by atoms with van der Waals surface area (Å²) in [4.78, 5) is 6.85. The topological polar surface area (TPSA) is 60.5 Å². The van der Waals surface area contributed by atoms with Gasteiger partial charge in [0.05, 0.1) is 23.9 Å². The van der Waals surface area contributed by atoms with Crippen LogP contribution in [0, 0.1) is 0 Å². The summed E-state index contributed by atoms with van der Waals surface area (Å²) in [6.07, 6.45) is 4.79. The van der Waals surface area contributed by atoms with Gasteiger partial charge in [0.1, 0.15) is 11.4 Å². The van der Waals surface area contributed by atoms with Crippen molar-refractivity contribution in [2.75, 3.05) is 21.2 Å². The van der Waals surface area contributed by atoms with Crippen molar-refractivity contribution in [3.05, 3.63) is 65.3 Å². The number of hydrogen-bond donors (Lipinski definition) is 0. The van der Waals surface area contributed by atoms with Crippen LogP contribution in [0.25, 0.3) is 11.3 Å². The summed E-state index contributed by atoms with van der Waals surface area (Å²) < 4.78 is 9.39. The molecule has 3 heterocycles. The summed E-state index contributed by atoms with van der Waals surface area (Å²) in [6, 6.07) is 11.9. The van der Waals surface area contributed by atoms with Crippen LogP contribution in [0.2, 0.25) is 5.02 Å². The van der Waals surface area contributed by atoms with Crippen LogP contribution in [0.5, 0.6) is 5.75 Å². The van der Waals surface area contributed by atoms with E-state index in [0.29, 0.717) is 10.8 Å². The van der Waals surface area contributed by atoms with Crippen LogP contribution in [-0.4, -0.2) is 50.3 Å². The van der Waals surface area contributed by atoms with Gasteiger partial charge in [0.25, 0.3) is 0 Å². The van der Waals surface area contributed by atoms with Gasteiger partial charge < -0.3 is 9.14 Å². The first-order valence-corrected chi connectivity index (χ1v) is 11.4. The van der Waals surface area contributed by atoms with E-state index in [1.54, 1.807) is 18.9 Å². The second kappa shape index (κ2) is 9.30. The number of pyridine rings is 1. The molecule has 3 aromatic heterocycles. The number of aromatic nitrogens is 5. The van der Waals surface area contributed by atoms with Gasteiger partial charge in [-0.1, -0.05) is 30.3 Å². The van der Waals surface area contributed by atoms with E-state index >= 15 is 0 Å². The molecular formula is C22H25ClN6OS. The molecule has 9 heteroatoms. The van der Waals surface area contributed by atoms with Crippen LogP contribution >= 0.6 is 23.4 Å². The van der Waals surface area contributed by atoms with Crippen molar-refractivity contribution in [1.82, 2.24) is 29.0 Å². The lowest BCUT2D eigenvalue weighted by atomic mass is 10.2. The Morgan fingerprint density at radius 2 is 1.87 bits per heavy atom. The average molecular weight is 457 g/mol. The molecule has 0 saturated heterocycles. The molecule has 1 aromatic carbocycles. The van der Waals surface area contributed by atoms with Crippen LogP contribution in [0.15, 0.2) is 53.9 Å². The van der Waals surface area contributed by atoms with Gasteiger partial charge in [-0.25, -0.2) is 4.98 Å². The third kappa shape index (κ3) is 4.56. The number of thioether (sulfide) groups is 1. The standard InChI is InChI=1S/C22H25ClN6OS/c1-5-19(27(2)3)21-25-26-22(29(21)17-7-9-18(30-4)10-8-17)31-14-16-13-28-12-15(23)6-11-20(28)24-16/h6-13,19H,5,14H2,1-4H3/t19-/m1/s1. The Kier molecular flexibility index (Phi) is 6.50. The monoisotopic (exact) mass is 456 g/mol. The van der Waals surface area contributed by atoms with Gasteiger partial charge in [0.2, 0.25) is 0 Å². The molecule has 7 nitrogen and oxygen atoms in total. The fraction of sp³-hybridized carbons (Fsp3) is 0.318. The predicted molar refractivity (Wildman–Crippen MR) is 124 cm³/mol. The molecule has 0 unspecified atom stereocenters. The molecular weight excluding hydrogens is 432 g/mol. The van der Waals surface area contributed by atoms with Gasteiger partial charge in [0.15, 0.2) is 11.0 Å². The smallest absolute Gasteiger partial charge is 0.196 e. The zero-order valence-electron chi connectivity index (χ0n) is 18.0. The number of methoxy groups -OCH3 is 1. The molecule has 0 bridgehead atoms. The number of fused-ring (bicyclic) bond motifs is 1. The minimum Gasteiger partial charge on any atom is -0.497 e. The SMILES string of the molecule is CC[C@H](c1nnc(SCc2cn3cc(Cl)ccc3n2)n1-c1ccc(OC)cc1)N(C)C. The average Bonchev–Trinajstić information content (AvgIpc) is 3.36. The highest BCUT2D eigenvalue weighted by Gasteiger charge is 2.23. The maximum absolute atomic E-state index is 6.09. The Hall–Kier alpha value is -2.55. The van der Waals surface area contributed by atoms with Gasteiger partial charge in [0, 0.05) is 23.8 Å². The Balaban J connectivity index is 1.67. The fourth-order valence-electron chi connectivity index (χ4n) is 3.57. The van der Waals surface area contributed by atoms with Crippen molar-refractivity contribution in [3.63, 3.8) is 0 Å². The lowest BCUT2D eigenvalue weighted by molar-refractivity contribution is 0.276. The van der Waals surface area contributed by atoms with Crippen LogP contribution in [-0.2, 0) is 5.75 Å². The summed E-state index contributed by atoms with van der Waals surface area (Å²) >= 11 is 7.71. The maximum Gasteiger partial charge on any atom is 0.196 e. The molecule has 0 radical (unpaired) electrons. The van der Waals surface area contributed by atoms with Crippen LogP contribution in [0.4, 0.5) is 0 Å². The zero-order chi connectivity index (χ0) is 22.0. The quantitative estimate of drug-likeness (QED) is 0.352. The summed E-state index contributed by atoms with van der Waals surface area (Å²) in [7, 11) is 5.80. The Bertz CT molecular complexity index is 1170. The predicted octanol–water partition coefficient (Wildman–Crippen LogP) is 4.88. The van der Waals surface area contributed by atoms with Crippen molar-refractivity contribution < 1.29 is 4.74 Å². The normalized spacial score (nSPS) is 12.6. The third-order valence-electron chi connectivity index (χ3n) is 5.11. The molecule has 0 fully saturated rings. The minimum atomic E-state index is 0.154. The third-order valence-corrected chi connectivity index (χ3v) is 6.30. The van der Waals surface area contributed by atoms with E-state index in [-0.39, 0.29) is 6.04 Å². The summed E-state index contributed by atoms with van der Waals surface area (Å²) in [5, 5.41) is 10.6. The summed E-state index contributed by atoms with van der Waals surface area (Å²) in [6.45, 7) is 2.16. The van der Waals surface area contributed by atoms with Crippen molar-refractivity contribution in [1.29, 1.82) is 0 Å². The highest BCUT2D eigenvalue weighted by Crippen LogP contribution is 2.30. The van der Waals surface area contributed by atoms with E-state index in [0.717, 1.165) is 40.2 Å². The van der Waals surface area contributed by atoms with E-state index in [9.17, 15) is 0 Å². The number of nitrogens with zero attached hydrogens (tertiary/aromatic N) is 6. The molecule has 4 aromatic rings. The molecule has 31 heavy (non-hydrogen) atoms. The maximum atomic E-state index is 6.09. The number of rotatable bonds is 8. The molecule has 162 valence electrons. The zero-order valence-corrected chi connectivity index (χ0v) is 19.6. The van der Waals surface area contributed by atoms with Gasteiger partial charge in [-0.2, -0.15) is 0 Å². The number of imidazole rings is 1. The lowest BCUT2D eigenvalue weighted by Gasteiger charge is -2.23. The minimum absolute atomic E-state index is 0.154.